The van der Waals surface area contributed by atoms with Crippen LogP contribution in [0.4, 0.5) is 0 Å². The van der Waals surface area contributed by atoms with Gasteiger partial charge in [-0.15, -0.1) is 0 Å². The van der Waals surface area contributed by atoms with Crippen LogP contribution < -0.4 is 0 Å². The highest BCUT2D eigenvalue weighted by molar-refractivity contribution is 9.10. The first-order valence-electron chi connectivity index (χ1n) is 4.82. The van der Waals surface area contributed by atoms with Crippen LogP contribution in [0.1, 0.15) is 5.56 Å². The van der Waals surface area contributed by atoms with Gasteiger partial charge in [0.2, 0.25) is 0 Å². The maximum atomic E-state index is 9.05. The molecule has 1 nitrogen and oxygen atoms in total. The summed E-state index contributed by atoms with van der Waals surface area (Å²) in [5.41, 5.74) is 0.695. The van der Waals surface area contributed by atoms with Crippen LogP contribution in [0.15, 0.2) is 61.2 Å². The summed E-state index contributed by atoms with van der Waals surface area (Å²) in [7, 11) is 0. The number of nitrogens with zero attached hydrogens (tertiary/aromatic N) is 1. The van der Waals surface area contributed by atoms with Gasteiger partial charge in [-0.05, 0) is 42.5 Å². The van der Waals surface area contributed by atoms with Gasteiger partial charge in [0.15, 0.2) is 0 Å². The molecule has 0 aromatic heterocycles. The molecular weight excluding hydrogens is 362 g/mol. The lowest BCUT2D eigenvalue weighted by molar-refractivity contribution is 1.33. The first-order valence-corrected chi connectivity index (χ1v) is 7.22. The number of benzene rings is 2. The van der Waals surface area contributed by atoms with Gasteiger partial charge in [-0.1, -0.05) is 43.6 Å². The number of hydrogen-bond donors (Lipinski definition) is 0. The maximum Gasteiger partial charge on any atom is 0.100 e. The zero-order chi connectivity index (χ0) is 12.3. The first kappa shape index (κ1) is 12.7. The average Bonchev–Trinajstić information content (AvgIpc) is 2.32. The molecule has 0 spiro atoms. The number of halogens is 2. The highest BCUT2D eigenvalue weighted by atomic mass is 79.9. The molecule has 2 rings (SSSR count). The molecule has 0 aliphatic heterocycles. The fraction of sp³-hybridized carbons (Fsp3) is 0. The lowest BCUT2D eigenvalue weighted by atomic mass is 10.2. The van der Waals surface area contributed by atoms with E-state index in [2.05, 4.69) is 37.9 Å². The number of hydrogen-bond acceptors (Lipinski definition) is 2. The number of nitriles is 1. The summed E-state index contributed by atoms with van der Waals surface area (Å²) in [5, 5.41) is 9.05. The molecule has 84 valence electrons. The Labute approximate surface area is 121 Å². The minimum absolute atomic E-state index is 0.695. The van der Waals surface area contributed by atoms with Crippen molar-refractivity contribution in [1.82, 2.24) is 0 Å². The molecule has 2 aromatic rings. The monoisotopic (exact) mass is 367 g/mol. The van der Waals surface area contributed by atoms with Crippen LogP contribution in [0.5, 0.6) is 0 Å². The summed E-state index contributed by atoms with van der Waals surface area (Å²) >= 11 is 8.41. The predicted octanol–water partition coefficient (Wildman–Crippen LogP) is 5.23. The molecule has 0 atom stereocenters. The maximum absolute atomic E-state index is 9.05. The van der Waals surface area contributed by atoms with Crippen molar-refractivity contribution in [2.45, 2.75) is 9.79 Å². The second kappa shape index (κ2) is 5.72. The van der Waals surface area contributed by atoms with Crippen molar-refractivity contribution in [3.05, 3.63) is 57.0 Å². The largest absolute Gasteiger partial charge is 0.192 e. The Morgan fingerprint density at radius 1 is 0.941 bits per heavy atom. The summed E-state index contributed by atoms with van der Waals surface area (Å²) in [6.45, 7) is 0. The predicted molar refractivity (Wildman–Crippen MR) is 77.1 cm³/mol. The van der Waals surface area contributed by atoms with Crippen LogP contribution in [-0.2, 0) is 0 Å². The van der Waals surface area contributed by atoms with E-state index in [0.717, 1.165) is 18.7 Å². The molecule has 0 unspecified atom stereocenters. The molecule has 0 bridgehead atoms. The highest BCUT2D eigenvalue weighted by Crippen LogP contribution is 2.32. The van der Waals surface area contributed by atoms with Crippen molar-refractivity contribution >= 4 is 43.6 Å². The third-order valence-electron chi connectivity index (χ3n) is 2.11. The lowest BCUT2D eigenvalue weighted by Gasteiger charge is -2.04. The van der Waals surface area contributed by atoms with Gasteiger partial charge in [-0.2, -0.15) is 5.26 Å². The van der Waals surface area contributed by atoms with Crippen LogP contribution in [0, 0.1) is 11.3 Å². The van der Waals surface area contributed by atoms with Gasteiger partial charge in [0, 0.05) is 18.7 Å². The number of rotatable bonds is 2. The Kier molecular flexibility index (Phi) is 4.27. The summed E-state index contributed by atoms with van der Waals surface area (Å²) in [4.78, 5) is 2.08. The molecule has 0 N–H and O–H groups in total. The van der Waals surface area contributed by atoms with Crippen molar-refractivity contribution in [2.75, 3.05) is 0 Å². The van der Waals surface area contributed by atoms with Crippen LogP contribution in [0.2, 0.25) is 0 Å². The zero-order valence-corrected chi connectivity index (χ0v) is 12.6. The van der Waals surface area contributed by atoms with Gasteiger partial charge in [0.25, 0.3) is 0 Å². The third-order valence-corrected chi connectivity index (χ3v) is 4.19. The van der Waals surface area contributed by atoms with E-state index in [0.29, 0.717) is 5.56 Å². The minimum atomic E-state index is 0.695. The minimum Gasteiger partial charge on any atom is -0.192 e. The van der Waals surface area contributed by atoms with Crippen LogP contribution in [0.25, 0.3) is 0 Å². The van der Waals surface area contributed by atoms with E-state index >= 15 is 0 Å². The topological polar surface area (TPSA) is 23.8 Å². The smallest absolute Gasteiger partial charge is 0.100 e. The van der Waals surface area contributed by atoms with E-state index in [9.17, 15) is 0 Å². The van der Waals surface area contributed by atoms with Crippen LogP contribution in [-0.4, -0.2) is 0 Å². The fourth-order valence-electron chi connectivity index (χ4n) is 1.30. The van der Waals surface area contributed by atoms with Gasteiger partial charge in [0.1, 0.15) is 6.07 Å². The lowest BCUT2D eigenvalue weighted by Crippen LogP contribution is -1.81. The van der Waals surface area contributed by atoms with E-state index in [1.807, 2.05) is 42.5 Å². The second-order valence-corrected chi connectivity index (χ2v) is 6.25. The van der Waals surface area contributed by atoms with Crippen molar-refractivity contribution in [3.8, 4) is 6.07 Å². The van der Waals surface area contributed by atoms with E-state index in [4.69, 9.17) is 5.26 Å². The van der Waals surface area contributed by atoms with Crippen molar-refractivity contribution in [3.63, 3.8) is 0 Å². The Hall–Kier alpha value is -0.760. The van der Waals surface area contributed by atoms with E-state index < -0.39 is 0 Å². The standard InChI is InChI=1S/C13H7Br2NS/c14-10-3-5-12(6-4-10)17-13-7-11(15)2-1-9(13)8-16/h1-7H. The van der Waals surface area contributed by atoms with Crippen molar-refractivity contribution < 1.29 is 0 Å². The molecule has 0 heterocycles. The van der Waals surface area contributed by atoms with Crippen molar-refractivity contribution in [1.29, 1.82) is 5.26 Å². The van der Waals surface area contributed by atoms with Crippen LogP contribution in [0.3, 0.4) is 0 Å². The quantitative estimate of drug-likeness (QED) is 0.724. The molecule has 0 saturated carbocycles. The Bertz CT molecular complexity index is 573. The van der Waals surface area contributed by atoms with Gasteiger partial charge in [-0.25, -0.2) is 0 Å². The van der Waals surface area contributed by atoms with Gasteiger partial charge < -0.3 is 0 Å². The highest BCUT2D eigenvalue weighted by Gasteiger charge is 2.05. The van der Waals surface area contributed by atoms with E-state index in [1.165, 1.54) is 0 Å². The van der Waals surface area contributed by atoms with Gasteiger partial charge in [0.05, 0.1) is 5.56 Å². The SMILES string of the molecule is N#Cc1ccc(Br)cc1Sc1ccc(Br)cc1. The Morgan fingerprint density at radius 3 is 2.24 bits per heavy atom. The average molecular weight is 369 g/mol. The summed E-state index contributed by atoms with van der Waals surface area (Å²) in [5.74, 6) is 0. The van der Waals surface area contributed by atoms with Gasteiger partial charge >= 0.3 is 0 Å². The summed E-state index contributed by atoms with van der Waals surface area (Å²) < 4.78 is 2.03. The Balaban J connectivity index is 2.32. The molecule has 4 heteroatoms. The first-order chi connectivity index (χ1) is 8.19. The molecule has 0 radical (unpaired) electrons. The normalized spacial score (nSPS) is 9.94. The second-order valence-electron chi connectivity index (χ2n) is 3.31. The molecule has 0 amide bonds. The third kappa shape index (κ3) is 3.35. The molecule has 0 aliphatic carbocycles. The van der Waals surface area contributed by atoms with Crippen LogP contribution >= 0.6 is 43.6 Å². The van der Waals surface area contributed by atoms with E-state index in [-0.39, 0.29) is 0 Å². The molecule has 0 saturated heterocycles. The molecule has 17 heavy (non-hydrogen) atoms. The van der Waals surface area contributed by atoms with Crippen molar-refractivity contribution in [2.24, 2.45) is 0 Å². The van der Waals surface area contributed by atoms with Gasteiger partial charge in [-0.3, -0.25) is 0 Å². The Morgan fingerprint density at radius 2 is 1.59 bits per heavy atom. The molecule has 0 fully saturated rings. The summed E-state index contributed by atoms with van der Waals surface area (Å²) in [6.07, 6.45) is 0. The fourth-order valence-corrected chi connectivity index (χ4v) is 3.02. The molecule has 0 aliphatic rings. The summed E-state index contributed by atoms with van der Waals surface area (Å²) in [6, 6.07) is 15.9. The molecule has 2 aromatic carbocycles. The zero-order valence-electron chi connectivity index (χ0n) is 8.65. The van der Waals surface area contributed by atoms with E-state index in [1.54, 1.807) is 11.8 Å². The molecular formula is C13H7Br2NS.